The van der Waals surface area contributed by atoms with Gasteiger partial charge in [-0.15, -0.1) is 0 Å². The maximum absolute atomic E-state index is 5.80. The van der Waals surface area contributed by atoms with Crippen molar-refractivity contribution in [2.24, 2.45) is 35.0 Å². The second-order valence-electron chi connectivity index (χ2n) is 9.31. The van der Waals surface area contributed by atoms with Gasteiger partial charge in [0, 0.05) is 27.1 Å². The van der Waals surface area contributed by atoms with Crippen LogP contribution < -0.4 is 0 Å². The second kappa shape index (κ2) is 6.13. The summed E-state index contributed by atoms with van der Waals surface area (Å²) in [5.74, 6) is 4.39. The summed E-state index contributed by atoms with van der Waals surface area (Å²) in [5, 5.41) is 0. The van der Waals surface area contributed by atoms with Gasteiger partial charge in [0.1, 0.15) is 0 Å². The molecule has 0 spiro atoms. The molecular weight excluding hydrogens is 296 g/mol. The van der Waals surface area contributed by atoms with Gasteiger partial charge < -0.3 is 9.47 Å². The molecule has 4 fully saturated rings. The van der Waals surface area contributed by atoms with Crippen LogP contribution in [0, 0.1) is 35.0 Å². The van der Waals surface area contributed by atoms with E-state index in [-0.39, 0.29) is 5.79 Å². The zero-order valence-electron chi connectivity index (χ0n) is 16.1. The van der Waals surface area contributed by atoms with Gasteiger partial charge in [-0.1, -0.05) is 18.6 Å². The van der Waals surface area contributed by atoms with Crippen molar-refractivity contribution in [2.75, 3.05) is 14.2 Å². The van der Waals surface area contributed by atoms with Crippen molar-refractivity contribution in [2.45, 2.75) is 77.4 Å². The van der Waals surface area contributed by atoms with Gasteiger partial charge in [-0.25, -0.2) is 0 Å². The van der Waals surface area contributed by atoms with Crippen LogP contribution in [0.15, 0.2) is 11.6 Å². The molecule has 0 aromatic carbocycles. The normalized spacial score (nSPS) is 48.7. The molecule has 4 rings (SSSR count). The highest BCUT2D eigenvalue weighted by molar-refractivity contribution is 5.23. The largest absolute Gasteiger partial charge is 0.353 e. The molecule has 136 valence electrons. The van der Waals surface area contributed by atoms with E-state index in [1.807, 2.05) is 14.2 Å². The lowest BCUT2D eigenvalue weighted by atomic mass is 9.50. The van der Waals surface area contributed by atoms with Crippen LogP contribution in [0.5, 0.6) is 0 Å². The van der Waals surface area contributed by atoms with Gasteiger partial charge in [-0.3, -0.25) is 0 Å². The fourth-order valence-corrected chi connectivity index (χ4v) is 7.60. The molecule has 0 unspecified atom stereocenters. The monoisotopic (exact) mass is 332 g/mol. The van der Waals surface area contributed by atoms with E-state index < -0.39 is 0 Å². The molecule has 6 atom stereocenters. The van der Waals surface area contributed by atoms with Crippen LogP contribution in [0.4, 0.5) is 0 Å². The predicted octanol–water partition coefficient (Wildman–Crippen LogP) is 5.57. The number of hydrogen-bond acceptors (Lipinski definition) is 2. The van der Waals surface area contributed by atoms with Crippen molar-refractivity contribution in [1.82, 2.24) is 0 Å². The predicted molar refractivity (Wildman–Crippen MR) is 97.6 cm³/mol. The molecule has 0 heterocycles. The molecule has 0 bridgehead atoms. The molecule has 4 aliphatic rings. The number of methoxy groups -OCH3 is 2. The van der Waals surface area contributed by atoms with Crippen molar-refractivity contribution in [3.05, 3.63) is 11.6 Å². The van der Waals surface area contributed by atoms with Gasteiger partial charge in [-0.05, 0) is 86.9 Å². The molecule has 0 radical (unpaired) electrons. The van der Waals surface area contributed by atoms with Gasteiger partial charge in [-0.2, -0.15) is 0 Å². The van der Waals surface area contributed by atoms with E-state index >= 15 is 0 Å². The molecule has 0 aromatic rings. The van der Waals surface area contributed by atoms with Gasteiger partial charge in [0.2, 0.25) is 0 Å². The first kappa shape index (κ1) is 17.1. The third kappa shape index (κ3) is 2.35. The SMILES string of the molecule is C/C=C1\CC[C@H]2[C@@H]3CC[C@@H]4CC(OC)(OC)CC[C@@H]4[C@H]3CC[C@]12C. The van der Waals surface area contributed by atoms with Crippen LogP contribution in [-0.2, 0) is 9.47 Å². The van der Waals surface area contributed by atoms with Crippen molar-refractivity contribution in [3.63, 3.8) is 0 Å². The first-order valence-corrected chi connectivity index (χ1v) is 10.3. The van der Waals surface area contributed by atoms with Gasteiger partial charge in [0.25, 0.3) is 0 Å². The van der Waals surface area contributed by atoms with Crippen molar-refractivity contribution in [3.8, 4) is 0 Å². The molecule has 0 saturated heterocycles. The summed E-state index contributed by atoms with van der Waals surface area (Å²) >= 11 is 0. The van der Waals surface area contributed by atoms with Crippen molar-refractivity contribution < 1.29 is 9.47 Å². The lowest BCUT2D eigenvalue weighted by Crippen LogP contribution is -2.51. The van der Waals surface area contributed by atoms with E-state index in [4.69, 9.17) is 9.47 Å². The minimum atomic E-state index is -0.289. The molecule has 0 aromatic heterocycles. The molecule has 2 heteroatoms. The molecular formula is C22H36O2. The topological polar surface area (TPSA) is 18.5 Å². The summed E-state index contributed by atoms with van der Waals surface area (Å²) in [7, 11) is 3.66. The first-order chi connectivity index (χ1) is 11.6. The Kier molecular flexibility index (Phi) is 4.36. The highest BCUT2D eigenvalue weighted by Crippen LogP contribution is 2.64. The van der Waals surface area contributed by atoms with Crippen molar-refractivity contribution in [1.29, 1.82) is 0 Å². The van der Waals surface area contributed by atoms with Crippen LogP contribution in [0.1, 0.15) is 71.6 Å². The first-order valence-electron chi connectivity index (χ1n) is 10.3. The Morgan fingerprint density at radius 1 is 0.917 bits per heavy atom. The number of fused-ring (bicyclic) bond motifs is 5. The fraction of sp³-hybridized carbons (Fsp3) is 0.909. The Bertz CT molecular complexity index is 506. The maximum atomic E-state index is 5.80. The molecule has 0 amide bonds. The molecule has 0 N–H and O–H groups in total. The Morgan fingerprint density at radius 2 is 1.67 bits per heavy atom. The van der Waals surface area contributed by atoms with Crippen LogP contribution >= 0.6 is 0 Å². The highest BCUT2D eigenvalue weighted by Gasteiger charge is 2.56. The van der Waals surface area contributed by atoms with E-state index in [0.29, 0.717) is 5.41 Å². The average Bonchev–Trinajstić information content (AvgIpc) is 2.97. The zero-order valence-corrected chi connectivity index (χ0v) is 16.1. The molecule has 2 nitrogen and oxygen atoms in total. The van der Waals surface area contributed by atoms with E-state index in [2.05, 4.69) is 19.9 Å². The molecule has 24 heavy (non-hydrogen) atoms. The number of ether oxygens (including phenoxy) is 2. The number of rotatable bonds is 2. The fourth-order valence-electron chi connectivity index (χ4n) is 7.60. The van der Waals surface area contributed by atoms with Gasteiger partial charge >= 0.3 is 0 Å². The highest BCUT2D eigenvalue weighted by atomic mass is 16.7. The van der Waals surface area contributed by atoms with Crippen LogP contribution in [0.3, 0.4) is 0 Å². The zero-order chi connectivity index (χ0) is 16.9. The maximum Gasteiger partial charge on any atom is 0.167 e. The average molecular weight is 333 g/mol. The summed E-state index contributed by atoms with van der Waals surface area (Å²) in [6, 6.07) is 0. The van der Waals surface area contributed by atoms with Crippen molar-refractivity contribution >= 4 is 0 Å². The lowest BCUT2D eigenvalue weighted by molar-refractivity contribution is -0.246. The Hall–Kier alpha value is -0.340. The quantitative estimate of drug-likeness (QED) is 0.486. The summed E-state index contributed by atoms with van der Waals surface area (Å²) in [6.45, 7) is 4.85. The summed E-state index contributed by atoms with van der Waals surface area (Å²) < 4.78 is 11.6. The third-order valence-corrected chi connectivity index (χ3v) is 8.89. The van der Waals surface area contributed by atoms with E-state index in [1.54, 1.807) is 5.57 Å². The molecule has 4 saturated carbocycles. The van der Waals surface area contributed by atoms with E-state index in [9.17, 15) is 0 Å². The van der Waals surface area contributed by atoms with Gasteiger partial charge in [0.05, 0.1) is 0 Å². The summed E-state index contributed by atoms with van der Waals surface area (Å²) in [6.07, 6.45) is 14.5. The summed E-state index contributed by atoms with van der Waals surface area (Å²) in [5.41, 5.74) is 2.30. The smallest absolute Gasteiger partial charge is 0.167 e. The van der Waals surface area contributed by atoms with Gasteiger partial charge in [0.15, 0.2) is 5.79 Å². The minimum Gasteiger partial charge on any atom is -0.353 e. The third-order valence-electron chi connectivity index (χ3n) is 8.89. The lowest BCUT2D eigenvalue weighted by Gasteiger charge is -2.56. The van der Waals surface area contributed by atoms with Crippen LogP contribution in [0.25, 0.3) is 0 Å². The Balaban J connectivity index is 1.54. The second-order valence-corrected chi connectivity index (χ2v) is 9.31. The number of allylic oxidation sites excluding steroid dienone is 2. The van der Waals surface area contributed by atoms with E-state index in [0.717, 1.165) is 42.4 Å². The van der Waals surface area contributed by atoms with E-state index in [1.165, 1.54) is 44.9 Å². The Labute approximate surface area is 148 Å². The summed E-state index contributed by atoms with van der Waals surface area (Å²) in [4.78, 5) is 0. The Morgan fingerprint density at radius 3 is 2.38 bits per heavy atom. The molecule has 0 aliphatic heterocycles. The van der Waals surface area contributed by atoms with Crippen LogP contribution in [-0.4, -0.2) is 20.0 Å². The molecule has 4 aliphatic carbocycles. The number of hydrogen-bond donors (Lipinski definition) is 0. The minimum absolute atomic E-state index is 0.289. The standard InChI is InChI=1S/C22H36O2/c1-5-16-7-9-20-19-8-6-15-14-22(23-3,24-4)13-11-17(15)18(19)10-12-21(16,20)2/h5,15,17-20H,6-14H2,1-4H3/b16-5+/t15-,17+,18-,19-,20+,21-/m1/s1. The van der Waals surface area contributed by atoms with Crippen LogP contribution in [0.2, 0.25) is 0 Å².